The van der Waals surface area contributed by atoms with Crippen molar-refractivity contribution in [1.29, 1.82) is 0 Å². The highest BCUT2D eigenvalue weighted by Gasteiger charge is 2.57. The van der Waals surface area contributed by atoms with Gasteiger partial charge in [0.25, 0.3) is 0 Å². The number of nitrogens with one attached hydrogen (secondary N) is 1. The largest absolute Gasteiger partial charge is 0.480 e. The Morgan fingerprint density at radius 1 is 1.30 bits per heavy atom. The molecule has 1 aromatic carbocycles. The summed E-state index contributed by atoms with van der Waals surface area (Å²) in [6.45, 7) is 0. The molecule has 1 aliphatic carbocycles. The van der Waals surface area contributed by atoms with Crippen molar-refractivity contribution in [3.63, 3.8) is 0 Å². The molecule has 108 valence electrons. The number of anilines is 1. The second kappa shape index (κ2) is 4.76. The van der Waals surface area contributed by atoms with E-state index >= 15 is 0 Å². The minimum atomic E-state index is -4.57. The molecule has 1 saturated carbocycles. The van der Waals surface area contributed by atoms with Crippen molar-refractivity contribution in [3.8, 4) is 0 Å². The summed E-state index contributed by atoms with van der Waals surface area (Å²) < 4.78 is 38.0. The smallest absolute Gasteiger partial charge is 0.417 e. The maximum absolute atomic E-state index is 12.7. The van der Waals surface area contributed by atoms with Crippen LogP contribution in [0.3, 0.4) is 0 Å². The van der Waals surface area contributed by atoms with Crippen LogP contribution in [0.4, 0.5) is 18.9 Å². The van der Waals surface area contributed by atoms with Gasteiger partial charge in [-0.05, 0) is 31.0 Å². The second-order valence-corrected chi connectivity index (χ2v) is 5.39. The molecule has 0 saturated heterocycles. The maximum Gasteiger partial charge on any atom is 0.417 e. The van der Waals surface area contributed by atoms with Crippen LogP contribution in [0.25, 0.3) is 0 Å². The molecule has 1 fully saturated rings. The Morgan fingerprint density at radius 3 is 2.35 bits per heavy atom. The van der Waals surface area contributed by atoms with E-state index in [1.165, 1.54) is 6.07 Å². The first-order valence-corrected chi connectivity index (χ1v) is 6.38. The molecule has 2 N–H and O–H groups in total. The van der Waals surface area contributed by atoms with Crippen LogP contribution in [0, 0.1) is 5.41 Å². The number of alkyl halides is 3. The third-order valence-corrected chi connectivity index (χ3v) is 3.82. The molecule has 2 rings (SSSR count). The zero-order valence-electron chi connectivity index (χ0n) is 9.92. The summed E-state index contributed by atoms with van der Waals surface area (Å²) in [5, 5.41) is 11.2. The van der Waals surface area contributed by atoms with Crippen molar-refractivity contribution in [2.75, 3.05) is 5.32 Å². The van der Waals surface area contributed by atoms with Gasteiger partial charge in [0.15, 0.2) is 0 Å². The van der Waals surface area contributed by atoms with Crippen molar-refractivity contribution >= 4 is 33.5 Å². The van der Waals surface area contributed by atoms with E-state index in [1.54, 1.807) is 0 Å². The van der Waals surface area contributed by atoms with Crippen molar-refractivity contribution < 1.29 is 27.9 Å². The quantitative estimate of drug-likeness (QED) is 0.821. The summed E-state index contributed by atoms with van der Waals surface area (Å²) in [7, 11) is 0. The van der Waals surface area contributed by atoms with E-state index in [0.717, 1.165) is 12.1 Å². The van der Waals surface area contributed by atoms with Gasteiger partial charge in [-0.3, -0.25) is 9.59 Å². The Labute approximate surface area is 120 Å². The molecule has 1 amide bonds. The first-order chi connectivity index (χ1) is 9.17. The van der Waals surface area contributed by atoms with Crippen LogP contribution in [0.1, 0.15) is 18.4 Å². The van der Waals surface area contributed by atoms with Crippen LogP contribution >= 0.6 is 15.9 Å². The number of carbonyl (C=O) groups excluding carboxylic acids is 1. The Morgan fingerprint density at radius 2 is 1.90 bits per heavy atom. The molecule has 0 bridgehead atoms. The predicted molar refractivity (Wildman–Crippen MR) is 67.1 cm³/mol. The van der Waals surface area contributed by atoms with Crippen molar-refractivity contribution in [3.05, 3.63) is 28.2 Å². The second-order valence-electron chi connectivity index (χ2n) is 4.53. The Hall–Kier alpha value is -1.57. The molecule has 0 unspecified atom stereocenters. The van der Waals surface area contributed by atoms with Crippen molar-refractivity contribution in [2.24, 2.45) is 5.41 Å². The number of halogens is 4. The normalized spacial score (nSPS) is 16.6. The summed E-state index contributed by atoms with van der Waals surface area (Å²) in [5.74, 6) is -2.05. The summed E-state index contributed by atoms with van der Waals surface area (Å²) in [4.78, 5) is 22.7. The number of carbonyl (C=O) groups is 2. The number of rotatable bonds is 3. The number of aliphatic carboxylic acids is 1. The Kier molecular flexibility index (Phi) is 3.53. The van der Waals surface area contributed by atoms with Crippen molar-refractivity contribution in [1.82, 2.24) is 0 Å². The van der Waals surface area contributed by atoms with Gasteiger partial charge in [0.2, 0.25) is 5.91 Å². The van der Waals surface area contributed by atoms with E-state index < -0.39 is 29.0 Å². The van der Waals surface area contributed by atoms with Gasteiger partial charge < -0.3 is 10.4 Å². The third kappa shape index (κ3) is 2.65. The van der Waals surface area contributed by atoms with Crippen LogP contribution in [0.2, 0.25) is 0 Å². The first-order valence-electron chi connectivity index (χ1n) is 5.58. The predicted octanol–water partition coefficient (Wildman–Crippen LogP) is 3.27. The number of carboxylic acids is 1. The lowest BCUT2D eigenvalue weighted by molar-refractivity contribution is -0.147. The van der Waals surface area contributed by atoms with Gasteiger partial charge in [0.1, 0.15) is 5.41 Å². The molecule has 1 aliphatic rings. The Bertz CT molecular complexity index is 582. The standard InChI is InChI=1S/C12H9BrF3NO3/c13-8-2-1-6(5-7(8)12(14,15)16)17-9(18)11(3-4-11)10(19)20/h1-2,5H,3-4H2,(H,17,18)(H,19,20). The van der Waals surface area contributed by atoms with Gasteiger partial charge in [-0.15, -0.1) is 0 Å². The number of amides is 1. The van der Waals surface area contributed by atoms with Crippen LogP contribution in [-0.2, 0) is 15.8 Å². The summed E-state index contributed by atoms with van der Waals surface area (Å²) >= 11 is 2.78. The van der Waals surface area contributed by atoms with Gasteiger partial charge in [0.05, 0.1) is 5.56 Å². The van der Waals surface area contributed by atoms with Crippen LogP contribution < -0.4 is 5.32 Å². The van der Waals surface area contributed by atoms with Gasteiger partial charge in [-0.1, -0.05) is 15.9 Å². The fourth-order valence-corrected chi connectivity index (χ4v) is 2.21. The van der Waals surface area contributed by atoms with E-state index in [4.69, 9.17) is 5.11 Å². The fourth-order valence-electron chi connectivity index (χ4n) is 1.73. The van der Waals surface area contributed by atoms with Crippen molar-refractivity contribution in [2.45, 2.75) is 19.0 Å². The lowest BCUT2D eigenvalue weighted by Gasteiger charge is -2.14. The highest BCUT2D eigenvalue weighted by atomic mass is 79.9. The molecule has 20 heavy (non-hydrogen) atoms. The average molecular weight is 352 g/mol. The number of hydrogen-bond acceptors (Lipinski definition) is 2. The first kappa shape index (κ1) is 14.8. The average Bonchev–Trinajstić information content (AvgIpc) is 3.11. The van der Waals surface area contributed by atoms with E-state index in [9.17, 15) is 22.8 Å². The van der Waals surface area contributed by atoms with E-state index in [1.807, 2.05) is 0 Å². The van der Waals surface area contributed by atoms with E-state index in [2.05, 4.69) is 21.2 Å². The van der Waals surface area contributed by atoms with E-state index in [-0.39, 0.29) is 23.0 Å². The molecule has 0 atom stereocenters. The Balaban J connectivity index is 2.23. The monoisotopic (exact) mass is 351 g/mol. The lowest BCUT2D eigenvalue weighted by Crippen LogP contribution is -2.31. The molecule has 4 nitrogen and oxygen atoms in total. The summed E-state index contributed by atoms with van der Waals surface area (Å²) in [5.41, 5.74) is -2.51. The highest BCUT2D eigenvalue weighted by molar-refractivity contribution is 9.10. The lowest BCUT2D eigenvalue weighted by atomic mass is 10.1. The number of carboxylic acid groups (broad SMARTS) is 1. The molecule has 0 spiro atoms. The molecular weight excluding hydrogens is 343 g/mol. The van der Waals surface area contributed by atoms with E-state index in [0.29, 0.717) is 0 Å². The molecule has 0 heterocycles. The third-order valence-electron chi connectivity index (χ3n) is 3.12. The molecule has 0 aliphatic heterocycles. The van der Waals surface area contributed by atoms with Gasteiger partial charge in [-0.2, -0.15) is 13.2 Å². The molecule has 0 radical (unpaired) electrons. The minimum absolute atomic E-state index is 0.0851. The molecular formula is C12H9BrF3NO3. The number of hydrogen-bond donors (Lipinski definition) is 2. The molecule has 1 aromatic rings. The van der Waals surface area contributed by atoms with Gasteiger partial charge >= 0.3 is 12.1 Å². The number of benzene rings is 1. The van der Waals surface area contributed by atoms with Crippen LogP contribution in [0.15, 0.2) is 22.7 Å². The topological polar surface area (TPSA) is 66.4 Å². The zero-order chi connectivity index (χ0) is 15.1. The zero-order valence-corrected chi connectivity index (χ0v) is 11.5. The molecule has 0 aromatic heterocycles. The van der Waals surface area contributed by atoms with Gasteiger partial charge in [-0.25, -0.2) is 0 Å². The highest BCUT2D eigenvalue weighted by Crippen LogP contribution is 2.47. The van der Waals surface area contributed by atoms with Gasteiger partial charge in [0, 0.05) is 10.2 Å². The SMILES string of the molecule is O=C(O)C1(C(=O)Nc2ccc(Br)c(C(F)(F)F)c2)CC1. The van der Waals surface area contributed by atoms with Crippen LogP contribution in [0.5, 0.6) is 0 Å². The fraction of sp³-hybridized carbons (Fsp3) is 0.333. The minimum Gasteiger partial charge on any atom is -0.480 e. The van der Waals surface area contributed by atoms with Crippen LogP contribution in [-0.4, -0.2) is 17.0 Å². The summed E-state index contributed by atoms with van der Waals surface area (Å²) in [6, 6.07) is 3.19. The summed E-state index contributed by atoms with van der Waals surface area (Å²) in [6.07, 6.45) is -4.18. The maximum atomic E-state index is 12.7. The molecule has 8 heteroatoms.